The summed E-state index contributed by atoms with van der Waals surface area (Å²) in [6.45, 7) is 2.91. The molecule has 0 bridgehead atoms. The van der Waals surface area contributed by atoms with E-state index in [1.165, 1.54) is 11.8 Å². The number of anilines is 3. The summed E-state index contributed by atoms with van der Waals surface area (Å²) in [4.78, 5) is 34.9. The number of fused-ring (bicyclic) bond motifs is 1. The average Bonchev–Trinajstić information content (AvgIpc) is 3.19. The minimum atomic E-state index is -0.393. The smallest absolute Gasteiger partial charge is 0.338 e. The van der Waals surface area contributed by atoms with Crippen molar-refractivity contribution >= 4 is 29.1 Å². The van der Waals surface area contributed by atoms with E-state index in [9.17, 15) is 9.59 Å². The van der Waals surface area contributed by atoms with Crippen molar-refractivity contribution in [3.8, 4) is 0 Å². The third-order valence-electron chi connectivity index (χ3n) is 4.69. The van der Waals surface area contributed by atoms with E-state index in [1.807, 2.05) is 12.1 Å². The van der Waals surface area contributed by atoms with Crippen molar-refractivity contribution in [2.45, 2.75) is 13.3 Å². The first-order valence-electron chi connectivity index (χ1n) is 9.41. The molecule has 2 aromatic carbocycles. The lowest BCUT2D eigenvalue weighted by molar-refractivity contribution is 0.0526. The summed E-state index contributed by atoms with van der Waals surface area (Å²) < 4.78 is 4.95. The molecular weight excluding hydrogens is 368 g/mol. The molecule has 1 amide bonds. The number of carbonyl (C=O) groups is 2. The molecule has 3 aromatic rings. The summed E-state index contributed by atoms with van der Waals surface area (Å²) in [5, 5.41) is 2.75. The minimum Gasteiger partial charge on any atom is -0.462 e. The van der Waals surface area contributed by atoms with Crippen LogP contribution < -0.4 is 10.2 Å². The van der Waals surface area contributed by atoms with E-state index in [4.69, 9.17) is 4.74 Å². The lowest BCUT2D eigenvalue weighted by Crippen LogP contribution is -2.18. The van der Waals surface area contributed by atoms with Gasteiger partial charge in [-0.05, 0) is 49.2 Å². The Morgan fingerprint density at radius 3 is 2.59 bits per heavy atom. The normalized spacial score (nSPS) is 12.4. The van der Waals surface area contributed by atoms with Crippen LogP contribution in [-0.2, 0) is 11.2 Å². The molecule has 7 heteroatoms. The van der Waals surface area contributed by atoms with Crippen molar-refractivity contribution in [2.75, 3.05) is 23.4 Å². The Morgan fingerprint density at radius 1 is 1.07 bits per heavy atom. The molecule has 0 aliphatic carbocycles. The molecule has 29 heavy (non-hydrogen) atoms. The first kappa shape index (κ1) is 18.6. The van der Waals surface area contributed by atoms with Gasteiger partial charge in [-0.25, -0.2) is 14.8 Å². The Labute approximate surface area is 168 Å². The van der Waals surface area contributed by atoms with Crippen LogP contribution in [0.2, 0.25) is 0 Å². The maximum atomic E-state index is 12.4. The van der Waals surface area contributed by atoms with E-state index < -0.39 is 5.97 Å². The first-order valence-corrected chi connectivity index (χ1v) is 9.41. The Bertz CT molecular complexity index is 1030. The van der Waals surface area contributed by atoms with E-state index in [0.717, 1.165) is 18.7 Å². The van der Waals surface area contributed by atoms with Crippen LogP contribution in [0.15, 0.2) is 60.9 Å². The topological polar surface area (TPSA) is 84.4 Å². The van der Waals surface area contributed by atoms with Gasteiger partial charge in [0, 0.05) is 17.9 Å². The molecule has 1 N–H and O–H groups in total. The second-order valence-electron chi connectivity index (χ2n) is 6.54. The maximum absolute atomic E-state index is 12.4. The molecule has 0 atom stereocenters. The molecule has 0 saturated heterocycles. The largest absolute Gasteiger partial charge is 0.462 e. The Balaban J connectivity index is 1.43. The van der Waals surface area contributed by atoms with Gasteiger partial charge in [-0.2, -0.15) is 0 Å². The summed E-state index contributed by atoms with van der Waals surface area (Å²) in [6, 6.07) is 14.7. The molecular formula is C22H20N4O3. The van der Waals surface area contributed by atoms with Crippen LogP contribution in [0.4, 0.5) is 17.2 Å². The maximum Gasteiger partial charge on any atom is 0.338 e. The molecule has 7 nitrogen and oxygen atoms in total. The van der Waals surface area contributed by atoms with E-state index in [1.54, 1.807) is 37.4 Å². The van der Waals surface area contributed by atoms with Gasteiger partial charge in [0.2, 0.25) is 0 Å². The second-order valence-corrected chi connectivity index (χ2v) is 6.54. The van der Waals surface area contributed by atoms with Crippen molar-refractivity contribution in [3.05, 3.63) is 77.7 Å². The highest BCUT2D eigenvalue weighted by molar-refractivity contribution is 6.03. The van der Waals surface area contributed by atoms with Gasteiger partial charge in [-0.3, -0.25) is 4.79 Å². The number of nitrogens with one attached hydrogen (secondary N) is 1. The van der Waals surface area contributed by atoms with Crippen molar-refractivity contribution < 1.29 is 14.3 Å². The van der Waals surface area contributed by atoms with Crippen LogP contribution in [-0.4, -0.2) is 35.0 Å². The fraction of sp³-hybridized carbons (Fsp3) is 0.182. The van der Waals surface area contributed by atoms with E-state index in [2.05, 4.69) is 32.3 Å². The van der Waals surface area contributed by atoms with Gasteiger partial charge < -0.3 is 15.0 Å². The number of hydrogen-bond acceptors (Lipinski definition) is 6. The van der Waals surface area contributed by atoms with Gasteiger partial charge in [-0.1, -0.05) is 18.2 Å². The monoisotopic (exact) mass is 388 g/mol. The zero-order valence-electron chi connectivity index (χ0n) is 16.0. The van der Waals surface area contributed by atoms with Crippen molar-refractivity contribution in [1.82, 2.24) is 9.97 Å². The van der Waals surface area contributed by atoms with Crippen LogP contribution in [0.1, 0.15) is 33.3 Å². The lowest BCUT2D eigenvalue weighted by atomic mass is 10.2. The zero-order chi connectivity index (χ0) is 20.2. The highest BCUT2D eigenvalue weighted by Gasteiger charge is 2.21. The third-order valence-corrected chi connectivity index (χ3v) is 4.69. The molecule has 4 rings (SSSR count). The standard InChI is InChI=1S/C22H20N4O3/c1-2-29-22(28)16-7-9-17(10-8-16)25-21(27)18-13-24-20(14-23-18)26-12-11-15-5-3-4-6-19(15)26/h3-10,13-14H,2,11-12H2,1H3,(H,25,27). The van der Waals surface area contributed by atoms with E-state index in [-0.39, 0.29) is 11.6 Å². The van der Waals surface area contributed by atoms with Crippen LogP contribution >= 0.6 is 0 Å². The number of nitrogens with zero attached hydrogens (tertiary/aromatic N) is 3. The number of aromatic nitrogens is 2. The summed E-state index contributed by atoms with van der Waals surface area (Å²) in [7, 11) is 0. The predicted octanol–water partition coefficient (Wildman–Crippen LogP) is 3.60. The number of para-hydroxylation sites is 1. The summed E-state index contributed by atoms with van der Waals surface area (Å²) >= 11 is 0. The highest BCUT2D eigenvalue weighted by Crippen LogP contribution is 2.32. The quantitative estimate of drug-likeness (QED) is 0.673. The predicted molar refractivity (Wildman–Crippen MR) is 110 cm³/mol. The van der Waals surface area contributed by atoms with Crippen LogP contribution in [0.5, 0.6) is 0 Å². The number of carbonyl (C=O) groups excluding carboxylic acids is 2. The van der Waals surface area contributed by atoms with Crippen LogP contribution in [0, 0.1) is 0 Å². The minimum absolute atomic E-state index is 0.218. The van der Waals surface area contributed by atoms with Gasteiger partial charge in [0.1, 0.15) is 5.69 Å². The molecule has 1 aliphatic heterocycles. The molecule has 0 fully saturated rings. The molecule has 0 unspecified atom stereocenters. The van der Waals surface area contributed by atoms with Gasteiger partial charge in [0.05, 0.1) is 24.6 Å². The molecule has 0 saturated carbocycles. The van der Waals surface area contributed by atoms with Crippen molar-refractivity contribution in [3.63, 3.8) is 0 Å². The third kappa shape index (κ3) is 3.94. The molecule has 0 radical (unpaired) electrons. The number of ether oxygens (including phenoxy) is 1. The molecule has 1 aliphatic rings. The highest BCUT2D eigenvalue weighted by atomic mass is 16.5. The van der Waals surface area contributed by atoms with E-state index in [0.29, 0.717) is 23.7 Å². The van der Waals surface area contributed by atoms with Gasteiger partial charge >= 0.3 is 5.97 Å². The van der Waals surface area contributed by atoms with Crippen molar-refractivity contribution in [1.29, 1.82) is 0 Å². The summed E-state index contributed by atoms with van der Waals surface area (Å²) in [5.41, 5.74) is 3.61. The number of benzene rings is 2. The molecule has 2 heterocycles. The zero-order valence-corrected chi connectivity index (χ0v) is 16.0. The summed E-state index contributed by atoms with van der Waals surface area (Å²) in [6.07, 6.45) is 4.04. The second kappa shape index (κ2) is 8.10. The average molecular weight is 388 g/mol. The van der Waals surface area contributed by atoms with Crippen LogP contribution in [0.3, 0.4) is 0 Å². The lowest BCUT2D eigenvalue weighted by Gasteiger charge is -2.17. The first-order chi connectivity index (χ1) is 14.2. The Morgan fingerprint density at radius 2 is 1.86 bits per heavy atom. The summed E-state index contributed by atoms with van der Waals surface area (Å²) in [5.74, 6) is -0.0460. The number of hydrogen-bond donors (Lipinski definition) is 1. The fourth-order valence-electron chi connectivity index (χ4n) is 3.25. The number of esters is 1. The van der Waals surface area contributed by atoms with Gasteiger partial charge in [0.25, 0.3) is 5.91 Å². The number of amides is 1. The number of rotatable bonds is 5. The molecule has 146 valence electrons. The SMILES string of the molecule is CCOC(=O)c1ccc(NC(=O)c2cnc(N3CCc4ccccc43)cn2)cc1. The Hall–Kier alpha value is -3.74. The molecule has 1 aromatic heterocycles. The molecule has 0 spiro atoms. The van der Waals surface area contributed by atoms with Gasteiger partial charge in [0.15, 0.2) is 5.82 Å². The fourth-order valence-corrected chi connectivity index (χ4v) is 3.25. The van der Waals surface area contributed by atoms with Gasteiger partial charge in [-0.15, -0.1) is 0 Å². The van der Waals surface area contributed by atoms with Crippen LogP contribution in [0.25, 0.3) is 0 Å². The van der Waals surface area contributed by atoms with Crippen molar-refractivity contribution in [2.24, 2.45) is 0 Å². The Kier molecular flexibility index (Phi) is 5.20. The van der Waals surface area contributed by atoms with E-state index >= 15 is 0 Å².